The standard InChI is InChI=1S/C18H15F6N5O5S/c19-17(20,21)11-5-9(29-8-25-26-27-29)1-2-13(11)35(33,34)10-6-12(14(30)31)28(7-10)15(32)16(3-4-16)18(22,23)24/h1-2,5,8,10,12H,3-4,6-7H2,(H,30,31)/t10-,12+/m1/s1. The van der Waals surface area contributed by atoms with E-state index in [0.717, 1.165) is 17.1 Å². The molecule has 0 spiro atoms. The number of carboxylic acids is 1. The smallest absolute Gasteiger partial charge is 0.417 e. The zero-order valence-electron chi connectivity index (χ0n) is 17.3. The molecule has 2 atom stereocenters. The third-order valence-corrected chi connectivity index (χ3v) is 8.33. The normalized spacial score (nSPS) is 22.3. The van der Waals surface area contributed by atoms with E-state index in [0.29, 0.717) is 17.0 Å². The number of likely N-dealkylation sites (tertiary alicyclic amines) is 1. The minimum atomic E-state index is -5.18. The van der Waals surface area contributed by atoms with Crippen molar-refractivity contribution in [3.63, 3.8) is 0 Å². The average molecular weight is 527 g/mol. The molecule has 10 nitrogen and oxygen atoms in total. The van der Waals surface area contributed by atoms with Gasteiger partial charge in [0.2, 0.25) is 5.91 Å². The van der Waals surface area contributed by atoms with E-state index in [1.54, 1.807) is 0 Å². The molecule has 1 saturated carbocycles. The van der Waals surface area contributed by atoms with E-state index in [9.17, 15) is 49.5 Å². The van der Waals surface area contributed by atoms with Crippen LogP contribution in [0.15, 0.2) is 29.4 Å². The second kappa shape index (κ2) is 7.89. The topological polar surface area (TPSA) is 135 Å². The summed E-state index contributed by atoms with van der Waals surface area (Å²) in [7, 11) is -4.95. The molecule has 2 aliphatic rings. The van der Waals surface area contributed by atoms with E-state index in [1.807, 2.05) is 0 Å². The minimum Gasteiger partial charge on any atom is -0.480 e. The predicted molar refractivity (Wildman–Crippen MR) is 101 cm³/mol. The predicted octanol–water partition coefficient (Wildman–Crippen LogP) is 1.85. The second-order valence-electron chi connectivity index (χ2n) is 8.23. The van der Waals surface area contributed by atoms with Gasteiger partial charge in [-0.15, -0.1) is 5.10 Å². The van der Waals surface area contributed by atoms with Gasteiger partial charge in [0.25, 0.3) is 0 Å². The van der Waals surface area contributed by atoms with E-state index in [-0.39, 0.29) is 5.69 Å². The van der Waals surface area contributed by atoms with Gasteiger partial charge in [0, 0.05) is 6.54 Å². The summed E-state index contributed by atoms with van der Waals surface area (Å²) in [6, 6.07) is 0.136. The molecule has 0 bridgehead atoms. The average Bonchev–Trinajstić information content (AvgIpc) is 3.20. The Labute approximate surface area is 192 Å². The lowest BCUT2D eigenvalue weighted by Gasteiger charge is -2.28. The molecule has 1 aliphatic heterocycles. The third kappa shape index (κ3) is 4.10. The van der Waals surface area contributed by atoms with Crippen molar-refractivity contribution in [3.05, 3.63) is 30.1 Å². The van der Waals surface area contributed by atoms with Gasteiger partial charge in [-0.1, -0.05) is 0 Å². The van der Waals surface area contributed by atoms with Crippen LogP contribution < -0.4 is 0 Å². The van der Waals surface area contributed by atoms with Crippen LogP contribution in [0.25, 0.3) is 5.69 Å². The first-order valence-electron chi connectivity index (χ1n) is 9.89. The molecular weight excluding hydrogens is 512 g/mol. The zero-order valence-corrected chi connectivity index (χ0v) is 18.1. The summed E-state index contributed by atoms with van der Waals surface area (Å²) in [6.07, 6.45) is -11.3. The summed E-state index contributed by atoms with van der Waals surface area (Å²) >= 11 is 0. The third-order valence-electron chi connectivity index (χ3n) is 6.14. The van der Waals surface area contributed by atoms with Crippen LogP contribution in [0, 0.1) is 5.41 Å². The fourth-order valence-corrected chi connectivity index (χ4v) is 5.98. The molecule has 35 heavy (non-hydrogen) atoms. The first-order valence-corrected chi connectivity index (χ1v) is 11.4. The number of sulfone groups is 1. The Balaban J connectivity index is 1.72. The lowest BCUT2D eigenvalue weighted by Crippen LogP contribution is -2.48. The van der Waals surface area contributed by atoms with E-state index in [4.69, 9.17) is 0 Å². The molecule has 1 N–H and O–H groups in total. The zero-order chi connectivity index (χ0) is 26.0. The lowest BCUT2D eigenvalue weighted by atomic mass is 10.0. The van der Waals surface area contributed by atoms with Crippen molar-refractivity contribution >= 4 is 21.7 Å². The monoisotopic (exact) mass is 527 g/mol. The molecular formula is C18H15F6N5O5S. The van der Waals surface area contributed by atoms with Crippen molar-refractivity contribution in [2.45, 2.75) is 47.8 Å². The Kier molecular flexibility index (Phi) is 5.61. The fourth-order valence-electron chi connectivity index (χ4n) is 4.09. The van der Waals surface area contributed by atoms with Gasteiger partial charge >= 0.3 is 18.3 Å². The van der Waals surface area contributed by atoms with Gasteiger partial charge in [-0.2, -0.15) is 26.3 Å². The van der Waals surface area contributed by atoms with Gasteiger partial charge in [-0.25, -0.2) is 17.9 Å². The van der Waals surface area contributed by atoms with E-state index in [1.165, 1.54) is 0 Å². The number of benzene rings is 1. The minimum absolute atomic E-state index is 0.228. The Morgan fingerprint density at radius 1 is 1.11 bits per heavy atom. The number of aliphatic carboxylic acids is 1. The Morgan fingerprint density at radius 2 is 1.77 bits per heavy atom. The Bertz CT molecular complexity index is 1270. The number of carbonyl (C=O) groups excluding carboxylic acids is 1. The number of rotatable bonds is 5. The summed E-state index contributed by atoms with van der Waals surface area (Å²) in [5.41, 5.74) is -4.64. The largest absolute Gasteiger partial charge is 0.480 e. The molecule has 2 aromatic rings. The van der Waals surface area contributed by atoms with Crippen molar-refractivity contribution in [3.8, 4) is 5.69 Å². The van der Waals surface area contributed by atoms with Crippen LogP contribution in [-0.4, -0.2) is 74.5 Å². The molecule has 1 aromatic heterocycles. The molecule has 1 saturated heterocycles. The number of halogens is 6. The van der Waals surface area contributed by atoms with Crippen LogP contribution in [0.1, 0.15) is 24.8 Å². The maximum atomic E-state index is 13.8. The number of hydrogen-bond acceptors (Lipinski definition) is 7. The SMILES string of the molecule is O=C(O)[C@@H]1C[C@@H](S(=O)(=O)c2ccc(-n3cnnn3)cc2C(F)(F)F)CN1C(=O)C1(C(F)(F)F)CC1. The highest BCUT2D eigenvalue weighted by atomic mass is 32.2. The highest BCUT2D eigenvalue weighted by Crippen LogP contribution is 2.59. The number of alkyl halides is 6. The van der Waals surface area contributed by atoms with E-state index < -0.39 is 87.0 Å². The van der Waals surface area contributed by atoms with Crippen molar-refractivity contribution in [1.29, 1.82) is 0 Å². The van der Waals surface area contributed by atoms with E-state index in [2.05, 4.69) is 15.5 Å². The van der Waals surface area contributed by atoms with Crippen LogP contribution in [0.3, 0.4) is 0 Å². The number of nitrogens with zero attached hydrogens (tertiary/aromatic N) is 5. The van der Waals surface area contributed by atoms with Crippen LogP contribution in [0.5, 0.6) is 0 Å². The summed E-state index contributed by atoms with van der Waals surface area (Å²) in [6.45, 7) is -0.998. The number of hydrogen-bond donors (Lipinski definition) is 1. The van der Waals surface area contributed by atoms with Gasteiger partial charge in [0.15, 0.2) is 9.84 Å². The van der Waals surface area contributed by atoms with Gasteiger partial charge < -0.3 is 10.0 Å². The van der Waals surface area contributed by atoms with E-state index >= 15 is 0 Å². The number of tetrazole rings is 1. The van der Waals surface area contributed by atoms with Gasteiger partial charge in [-0.05, 0) is 47.9 Å². The summed E-state index contributed by atoms with van der Waals surface area (Å²) < 4.78 is 109. The summed E-state index contributed by atoms with van der Waals surface area (Å²) in [4.78, 5) is 23.4. The van der Waals surface area contributed by atoms with Crippen LogP contribution in [0.4, 0.5) is 26.3 Å². The number of carbonyl (C=O) groups is 2. The van der Waals surface area contributed by atoms with Crippen molar-refractivity contribution in [2.75, 3.05) is 6.54 Å². The summed E-state index contributed by atoms with van der Waals surface area (Å²) in [5, 5.41) is 17.5. The fraction of sp³-hybridized carbons (Fsp3) is 0.500. The molecule has 0 unspecified atom stereocenters. The molecule has 1 amide bonds. The summed E-state index contributed by atoms with van der Waals surface area (Å²) in [5.74, 6) is -3.36. The lowest BCUT2D eigenvalue weighted by molar-refractivity contribution is -0.199. The quantitative estimate of drug-likeness (QED) is 0.583. The molecule has 1 aliphatic carbocycles. The maximum Gasteiger partial charge on any atom is 0.417 e. The van der Waals surface area contributed by atoms with Crippen molar-refractivity contribution in [2.24, 2.45) is 5.41 Å². The van der Waals surface area contributed by atoms with Gasteiger partial charge in [0.05, 0.1) is 21.4 Å². The van der Waals surface area contributed by atoms with Crippen LogP contribution >= 0.6 is 0 Å². The number of amides is 1. The molecule has 4 rings (SSSR count). The number of carboxylic acid groups (broad SMARTS) is 1. The maximum absolute atomic E-state index is 13.8. The van der Waals surface area contributed by atoms with Crippen LogP contribution in [0.2, 0.25) is 0 Å². The highest BCUT2D eigenvalue weighted by Gasteiger charge is 2.70. The molecule has 190 valence electrons. The molecule has 17 heteroatoms. The first-order chi connectivity index (χ1) is 16.1. The van der Waals surface area contributed by atoms with Crippen molar-refractivity contribution < 1.29 is 49.5 Å². The first kappa shape index (κ1) is 24.9. The number of aromatic nitrogens is 4. The second-order valence-corrected chi connectivity index (χ2v) is 10.4. The molecule has 1 aromatic carbocycles. The highest BCUT2D eigenvalue weighted by molar-refractivity contribution is 7.92. The van der Waals surface area contributed by atoms with Crippen LogP contribution in [-0.2, 0) is 25.6 Å². The Morgan fingerprint density at radius 3 is 2.26 bits per heavy atom. The van der Waals surface area contributed by atoms with Crippen molar-refractivity contribution in [1.82, 2.24) is 25.1 Å². The molecule has 0 radical (unpaired) electrons. The van der Waals surface area contributed by atoms with Gasteiger partial charge in [0.1, 0.15) is 17.8 Å². The molecule has 2 fully saturated rings. The van der Waals surface area contributed by atoms with Gasteiger partial charge in [-0.3, -0.25) is 4.79 Å². The Hall–Kier alpha value is -3.24. The molecule has 2 heterocycles.